The number of rotatable bonds is 4. The van der Waals surface area contributed by atoms with Crippen LogP contribution in [0.4, 0.5) is 11.4 Å². The Bertz CT molecular complexity index is 925. The summed E-state index contributed by atoms with van der Waals surface area (Å²) in [6.45, 7) is 0. The second-order valence-electron chi connectivity index (χ2n) is 8.30. The summed E-state index contributed by atoms with van der Waals surface area (Å²) >= 11 is 7.22. The number of allylic oxidation sites excluding steroid dienone is 8. The summed E-state index contributed by atoms with van der Waals surface area (Å²) in [6, 6.07) is 17.8. The Morgan fingerprint density at radius 2 is 0.844 bits per heavy atom. The number of anilines is 2. The Kier molecular flexibility index (Phi) is 7.34. The maximum absolute atomic E-state index is 3.61. The van der Waals surface area contributed by atoms with Crippen molar-refractivity contribution in [1.82, 2.24) is 0 Å². The van der Waals surface area contributed by atoms with E-state index in [0.29, 0.717) is 11.3 Å². The van der Waals surface area contributed by atoms with Crippen molar-refractivity contribution in [3.63, 3.8) is 0 Å². The molecule has 3 aliphatic rings. The highest BCUT2D eigenvalue weighted by molar-refractivity contribution is 9.10. The summed E-state index contributed by atoms with van der Waals surface area (Å²) in [5.74, 6) is 0. The van der Waals surface area contributed by atoms with Crippen molar-refractivity contribution >= 4 is 59.1 Å². The van der Waals surface area contributed by atoms with Crippen LogP contribution in [-0.4, -0.2) is 36.5 Å². The van der Waals surface area contributed by atoms with Gasteiger partial charge in [0.25, 0.3) is 0 Å². The molecule has 2 aromatic rings. The molecule has 2 nitrogen and oxygen atoms in total. The van der Waals surface area contributed by atoms with Gasteiger partial charge in [0.2, 0.25) is 0 Å². The maximum atomic E-state index is 3.61. The minimum Gasteiger partial charge on any atom is -0.363 e. The molecule has 0 spiro atoms. The lowest BCUT2D eigenvalue weighted by Gasteiger charge is -2.43. The monoisotopic (exact) mass is 586 g/mol. The lowest BCUT2D eigenvalue weighted by molar-refractivity contribution is 0.963. The number of halogens is 2. The van der Waals surface area contributed by atoms with Gasteiger partial charge >= 0.3 is 0 Å². The highest BCUT2D eigenvalue weighted by Crippen LogP contribution is 2.54. The molecule has 1 heterocycles. The van der Waals surface area contributed by atoms with Crippen LogP contribution in [0.3, 0.4) is 0 Å². The standard InChI is InChI=1S/C26H26Br2N2P2/c27-21-9-13-23(14-10-21)29-17-31(25-5-1-2-6-25)18-30(24-15-11-22(28)12-16-24)20-32(19-29)26-7-3-4-8-26/h1-16,25-26H,17-20H2. The molecule has 1 saturated heterocycles. The first-order chi connectivity index (χ1) is 15.7. The molecule has 32 heavy (non-hydrogen) atoms. The average Bonchev–Trinajstić information content (AvgIpc) is 3.50. The van der Waals surface area contributed by atoms with E-state index >= 15 is 0 Å². The lowest BCUT2D eigenvalue weighted by Crippen LogP contribution is -2.37. The number of nitrogens with zero attached hydrogens (tertiary/aromatic N) is 2. The van der Waals surface area contributed by atoms with Gasteiger partial charge in [-0.05, 0) is 48.5 Å². The van der Waals surface area contributed by atoms with Crippen molar-refractivity contribution in [2.24, 2.45) is 0 Å². The van der Waals surface area contributed by atoms with E-state index in [2.05, 4.69) is 139 Å². The molecule has 0 unspecified atom stereocenters. The molecule has 0 atom stereocenters. The van der Waals surface area contributed by atoms with Crippen LogP contribution < -0.4 is 9.80 Å². The molecule has 5 rings (SSSR count). The van der Waals surface area contributed by atoms with Gasteiger partial charge in [0.1, 0.15) is 0 Å². The summed E-state index contributed by atoms with van der Waals surface area (Å²) in [7, 11) is -0.520. The fourth-order valence-corrected chi connectivity index (χ4v) is 10.3. The normalized spacial score (nSPS) is 23.8. The molecule has 0 amide bonds. The van der Waals surface area contributed by atoms with E-state index in [1.54, 1.807) is 0 Å². The summed E-state index contributed by atoms with van der Waals surface area (Å²) in [5.41, 5.74) is 3.80. The number of benzene rings is 2. The van der Waals surface area contributed by atoms with E-state index in [1.807, 2.05) is 0 Å². The van der Waals surface area contributed by atoms with E-state index in [9.17, 15) is 0 Å². The van der Waals surface area contributed by atoms with Crippen molar-refractivity contribution < 1.29 is 0 Å². The van der Waals surface area contributed by atoms with E-state index in [-0.39, 0.29) is 15.8 Å². The largest absolute Gasteiger partial charge is 0.363 e. The first-order valence-electron chi connectivity index (χ1n) is 10.8. The first-order valence-corrected chi connectivity index (χ1v) is 16.0. The van der Waals surface area contributed by atoms with Crippen LogP contribution in [0.25, 0.3) is 0 Å². The van der Waals surface area contributed by atoms with E-state index < -0.39 is 0 Å². The van der Waals surface area contributed by atoms with Gasteiger partial charge in [-0.25, -0.2) is 0 Å². The minimum atomic E-state index is -0.260. The van der Waals surface area contributed by atoms with E-state index in [1.165, 1.54) is 11.4 Å². The van der Waals surface area contributed by atoms with Crippen LogP contribution in [0.1, 0.15) is 0 Å². The third kappa shape index (κ3) is 5.31. The molecule has 0 radical (unpaired) electrons. The predicted octanol–water partition coefficient (Wildman–Crippen LogP) is 8.32. The van der Waals surface area contributed by atoms with Crippen molar-refractivity contribution in [1.29, 1.82) is 0 Å². The highest BCUT2D eigenvalue weighted by Gasteiger charge is 2.32. The van der Waals surface area contributed by atoms with Crippen LogP contribution in [0, 0.1) is 0 Å². The fraction of sp³-hybridized carbons (Fsp3) is 0.231. The van der Waals surface area contributed by atoms with Crippen LogP contribution in [-0.2, 0) is 0 Å². The molecule has 1 fully saturated rings. The maximum Gasteiger partial charge on any atom is 0.0405 e. The Hall–Kier alpha value is -1.18. The Morgan fingerprint density at radius 3 is 1.16 bits per heavy atom. The molecule has 2 aliphatic carbocycles. The minimum absolute atomic E-state index is 0.260. The van der Waals surface area contributed by atoms with Gasteiger partial charge in [-0.3, -0.25) is 0 Å². The SMILES string of the molecule is Brc1ccc(N2CP(C3C=CC=C3)CN(c3ccc(Br)cc3)CP(C3C=CC=C3)C2)cc1. The summed E-state index contributed by atoms with van der Waals surface area (Å²) in [5, 5.41) is 0. The highest BCUT2D eigenvalue weighted by atomic mass is 79.9. The average molecular weight is 588 g/mol. The summed E-state index contributed by atoms with van der Waals surface area (Å²) in [4.78, 5) is 5.37. The molecule has 1 aliphatic heterocycles. The summed E-state index contributed by atoms with van der Waals surface area (Å²) in [6.07, 6.45) is 23.0. The molecule has 0 saturated carbocycles. The molecule has 0 bridgehead atoms. The smallest absolute Gasteiger partial charge is 0.0405 e. The van der Waals surface area contributed by atoms with Gasteiger partial charge in [0.05, 0.1) is 0 Å². The molecule has 164 valence electrons. The third-order valence-electron chi connectivity index (χ3n) is 6.09. The molecular weight excluding hydrogens is 562 g/mol. The second kappa shape index (κ2) is 10.4. The van der Waals surface area contributed by atoms with E-state index in [4.69, 9.17) is 0 Å². The van der Waals surface area contributed by atoms with Crippen LogP contribution in [0.2, 0.25) is 0 Å². The fourth-order valence-electron chi connectivity index (χ4n) is 4.39. The van der Waals surface area contributed by atoms with E-state index in [0.717, 1.165) is 34.1 Å². The first kappa shape index (κ1) is 22.6. The van der Waals surface area contributed by atoms with Crippen molar-refractivity contribution in [2.75, 3.05) is 34.9 Å². The second-order valence-corrected chi connectivity index (χ2v) is 14.8. The van der Waals surface area contributed by atoms with Crippen LogP contribution in [0.5, 0.6) is 0 Å². The van der Waals surface area contributed by atoms with Crippen molar-refractivity contribution in [3.05, 3.63) is 106 Å². The lowest BCUT2D eigenvalue weighted by atomic mass is 10.3. The van der Waals surface area contributed by atoms with Crippen molar-refractivity contribution in [3.8, 4) is 0 Å². The molecule has 0 N–H and O–H groups in total. The van der Waals surface area contributed by atoms with Gasteiger partial charge in [-0.1, -0.05) is 96.3 Å². The zero-order chi connectivity index (χ0) is 21.9. The topological polar surface area (TPSA) is 6.48 Å². The summed E-state index contributed by atoms with van der Waals surface area (Å²) < 4.78 is 2.28. The van der Waals surface area contributed by atoms with Gasteiger partial charge in [0.15, 0.2) is 0 Å². The van der Waals surface area contributed by atoms with Crippen molar-refractivity contribution in [2.45, 2.75) is 11.3 Å². The Morgan fingerprint density at radius 1 is 0.531 bits per heavy atom. The Labute approximate surface area is 210 Å². The van der Waals surface area contributed by atoms with Gasteiger partial charge in [0, 0.05) is 56.8 Å². The van der Waals surface area contributed by atoms with Gasteiger partial charge < -0.3 is 9.80 Å². The number of hydrogen-bond acceptors (Lipinski definition) is 2. The van der Waals surface area contributed by atoms with Gasteiger partial charge in [-0.2, -0.15) is 0 Å². The molecule has 6 heteroatoms. The van der Waals surface area contributed by atoms with Gasteiger partial charge in [-0.15, -0.1) is 0 Å². The molecule has 2 aromatic carbocycles. The third-order valence-corrected chi connectivity index (χ3v) is 12.3. The van der Waals surface area contributed by atoms with Crippen LogP contribution >= 0.6 is 47.7 Å². The quantitative estimate of drug-likeness (QED) is 0.332. The molecule has 0 aromatic heterocycles. The Balaban J connectivity index is 1.49. The zero-order valence-corrected chi connectivity index (χ0v) is 22.7. The molecular formula is C26H26Br2N2P2. The predicted molar refractivity (Wildman–Crippen MR) is 151 cm³/mol. The zero-order valence-electron chi connectivity index (χ0n) is 17.8. The van der Waals surface area contributed by atoms with Crippen LogP contribution in [0.15, 0.2) is 106 Å². The number of hydrogen-bond donors (Lipinski definition) is 0.